The second kappa shape index (κ2) is 4.68. The summed E-state index contributed by atoms with van der Waals surface area (Å²) in [5.74, 6) is 3.11. The van der Waals surface area contributed by atoms with Crippen molar-refractivity contribution in [3.8, 4) is 0 Å². The van der Waals surface area contributed by atoms with Crippen LogP contribution in [0.5, 0.6) is 0 Å². The number of amides is 1. The minimum absolute atomic E-state index is 0.141. The number of aryl methyl sites for hydroxylation is 1. The number of nitrogens with zero attached hydrogens (tertiary/aromatic N) is 2. The first-order valence-corrected chi connectivity index (χ1v) is 7.98. The Morgan fingerprint density at radius 3 is 2.86 bits per heavy atom. The van der Waals surface area contributed by atoms with E-state index in [1.165, 1.54) is 42.5 Å². The predicted molar refractivity (Wildman–Crippen MR) is 77.8 cm³/mol. The van der Waals surface area contributed by atoms with Gasteiger partial charge in [-0.1, -0.05) is 6.42 Å². The molecule has 1 aromatic heterocycles. The molecule has 1 aromatic rings. The van der Waals surface area contributed by atoms with Gasteiger partial charge in [-0.15, -0.1) is 0 Å². The molecule has 0 saturated heterocycles. The molecule has 21 heavy (non-hydrogen) atoms. The van der Waals surface area contributed by atoms with Crippen molar-refractivity contribution in [3.05, 3.63) is 28.2 Å². The summed E-state index contributed by atoms with van der Waals surface area (Å²) in [5, 5.41) is 7.20. The van der Waals surface area contributed by atoms with Gasteiger partial charge in [-0.05, 0) is 55.4 Å². The first kappa shape index (κ1) is 13.0. The standard InChI is InChI=1S/C16H21N3O2/c1-19-15(20)6-5-13(18-19)16(21)17-14-8-9-7-12(14)11-4-2-3-10(9)11/h5-6,9-12,14H,2-4,7-8H2,1H3,(H,17,21)/t9-,10-,11-,12+,14-/m1/s1. The van der Waals surface area contributed by atoms with E-state index in [4.69, 9.17) is 0 Å². The molecule has 1 amide bonds. The average molecular weight is 287 g/mol. The van der Waals surface area contributed by atoms with Crippen molar-refractivity contribution < 1.29 is 4.79 Å². The summed E-state index contributed by atoms with van der Waals surface area (Å²) in [5.41, 5.74) is 0.142. The van der Waals surface area contributed by atoms with Gasteiger partial charge < -0.3 is 5.32 Å². The number of fused-ring (bicyclic) bond motifs is 5. The SMILES string of the molecule is Cn1nc(C(=O)N[C@@H]2C[C@H]3C[C@H]2[C@@H]2CCC[C@H]32)ccc1=O. The second-order valence-corrected chi connectivity index (χ2v) is 6.91. The van der Waals surface area contributed by atoms with Crippen LogP contribution in [0, 0.1) is 23.7 Å². The van der Waals surface area contributed by atoms with Crippen LogP contribution in [-0.2, 0) is 7.05 Å². The van der Waals surface area contributed by atoms with E-state index in [9.17, 15) is 9.59 Å². The molecule has 5 atom stereocenters. The van der Waals surface area contributed by atoms with E-state index in [0.29, 0.717) is 17.7 Å². The van der Waals surface area contributed by atoms with E-state index in [2.05, 4.69) is 10.4 Å². The third-order valence-electron chi connectivity index (χ3n) is 5.94. The fourth-order valence-corrected chi connectivity index (χ4v) is 5.10. The zero-order valence-corrected chi connectivity index (χ0v) is 12.3. The van der Waals surface area contributed by atoms with Crippen LogP contribution < -0.4 is 10.9 Å². The van der Waals surface area contributed by atoms with Gasteiger partial charge in [-0.2, -0.15) is 5.10 Å². The molecule has 1 heterocycles. The summed E-state index contributed by atoms with van der Waals surface area (Å²) in [6.45, 7) is 0. The Balaban J connectivity index is 1.48. The highest BCUT2D eigenvalue weighted by Gasteiger charge is 2.54. The topological polar surface area (TPSA) is 64.0 Å². The maximum atomic E-state index is 12.3. The van der Waals surface area contributed by atoms with Crippen molar-refractivity contribution in [1.29, 1.82) is 0 Å². The summed E-state index contributed by atoms with van der Waals surface area (Å²) in [6, 6.07) is 3.22. The number of hydrogen-bond donors (Lipinski definition) is 1. The Morgan fingerprint density at radius 1 is 1.24 bits per heavy atom. The van der Waals surface area contributed by atoms with E-state index in [1.807, 2.05) is 0 Å². The molecule has 0 aliphatic heterocycles. The largest absolute Gasteiger partial charge is 0.348 e. The van der Waals surface area contributed by atoms with Crippen molar-refractivity contribution in [2.45, 2.75) is 38.1 Å². The molecule has 0 aromatic carbocycles. The van der Waals surface area contributed by atoms with Crippen LogP contribution in [0.4, 0.5) is 0 Å². The van der Waals surface area contributed by atoms with Crippen LogP contribution in [0.2, 0.25) is 0 Å². The third-order valence-corrected chi connectivity index (χ3v) is 5.94. The maximum absolute atomic E-state index is 12.3. The molecule has 4 rings (SSSR count). The summed E-state index contributed by atoms with van der Waals surface area (Å²) in [6.07, 6.45) is 6.53. The summed E-state index contributed by atoms with van der Waals surface area (Å²) < 4.78 is 1.21. The lowest BCUT2D eigenvalue weighted by atomic mass is 9.79. The van der Waals surface area contributed by atoms with E-state index in [1.54, 1.807) is 7.05 Å². The van der Waals surface area contributed by atoms with E-state index >= 15 is 0 Å². The monoisotopic (exact) mass is 287 g/mol. The molecular formula is C16H21N3O2. The highest BCUT2D eigenvalue weighted by Crippen LogP contribution is 2.58. The van der Waals surface area contributed by atoms with Crippen molar-refractivity contribution in [2.75, 3.05) is 0 Å². The molecule has 3 aliphatic carbocycles. The minimum atomic E-state index is -0.194. The number of nitrogens with one attached hydrogen (secondary N) is 1. The highest BCUT2D eigenvalue weighted by molar-refractivity contribution is 5.92. The van der Waals surface area contributed by atoms with Gasteiger partial charge >= 0.3 is 0 Å². The lowest BCUT2D eigenvalue weighted by molar-refractivity contribution is 0.0893. The van der Waals surface area contributed by atoms with Gasteiger partial charge in [0.05, 0.1) is 0 Å². The van der Waals surface area contributed by atoms with E-state index < -0.39 is 0 Å². The molecule has 5 heteroatoms. The molecule has 0 unspecified atom stereocenters. The molecule has 2 bridgehead atoms. The zero-order chi connectivity index (χ0) is 14.6. The van der Waals surface area contributed by atoms with Gasteiger partial charge in [0.15, 0.2) is 0 Å². The second-order valence-electron chi connectivity index (χ2n) is 6.91. The van der Waals surface area contributed by atoms with Gasteiger partial charge in [0.1, 0.15) is 5.69 Å². The number of carbonyl (C=O) groups is 1. The van der Waals surface area contributed by atoms with Crippen LogP contribution in [0.25, 0.3) is 0 Å². The Morgan fingerprint density at radius 2 is 2.05 bits per heavy atom. The molecule has 3 fully saturated rings. The van der Waals surface area contributed by atoms with Gasteiger partial charge in [0, 0.05) is 19.2 Å². The predicted octanol–water partition coefficient (Wildman–Crippen LogP) is 1.33. The maximum Gasteiger partial charge on any atom is 0.271 e. The van der Waals surface area contributed by atoms with Crippen LogP contribution >= 0.6 is 0 Å². The smallest absolute Gasteiger partial charge is 0.271 e. The fourth-order valence-electron chi connectivity index (χ4n) is 5.10. The number of aromatic nitrogens is 2. The summed E-state index contributed by atoms with van der Waals surface area (Å²) in [4.78, 5) is 23.7. The van der Waals surface area contributed by atoms with Gasteiger partial charge in [0.2, 0.25) is 0 Å². The number of carbonyl (C=O) groups excluding carboxylic acids is 1. The average Bonchev–Trinajstić information content (AvgIpc) is 3.13. The molecule has 0 spiro atoms. The Bertz CT molecular complexity index is 639. The minimum Gasteiger partial charge on any atom is -0.348 e. The van der Waals surface area contributed by atoms with Crippen LogP contribution in [0.3, 0.4) is 0 Å². The van der Waals surface area contributed by atoms with Crippen LogP contribution in [0.15, 0.2) is 16.9 Å². The number of hydrogen-bond acceptors (Lipinski definition) is 3. The quantitative estimate of drug-likeness (QED) is 0.892. The zero-order valence-electron chi connectivity index (χ0n) is 12.3. The fraction of sp³-hybridized carbons (Fsp3) is 0.688. The molecular weight excluding hydrogens is 266 g/mol. The molecule has 0 radical (unpaired) electrons. The van der Waals surface area contributed by atoms with Crippen molar-refractivity contribution in [3.63, 3.8) is 0 Å². The molecule has 3 saturated carbocycles. The molecule has 5 nitrogen and oxygen atoms in total. The Hall–Kier alpha value is -1.65. The van der Waals surface area contributed by atoms with Crippen molar-refractivity contribution in [1.82, 2.24) is 15.1 Å². The molecule has 1 N–H and O–H groups in total. The third kappa shape index (κ3) is 2.01. The lowest BCUT2D eigenvalue weighted by Gasteiger charge is -2.32. The highest BCUT2D eigenvalue weighted by atomic mass is 16.2. The van der Waals surface area contributed by atoms with E-state index in [-0.39, 0.29) is 11.5 Å². The van der Waals surface area contributed by atoms with E-state index in [0.717, 1.165) is 24.2 Å². The van der Waals surface area contributed by atoms with Crippen LogP contribution in [0.1, 0.15) is 42.6 Å². The first-order valence-electron chi connectivity index (χ1n) is 7.98. The molecule has 3 aliphatic rings. The van der Waals surface area contributed by atoms with Crippen LogP contribution in [-0.4, -0.2) is 21.7 Å². The Labute approximate surface area is 123 Å². The van der Waals surface area contributed by atoms with Gasteiger partial charge in [0.25, 0.3) is 11.5 Å². The van der Waals surface area contributed by atoms with Crippen molar-refractivity contribution in [2.24, 2.45) is 30.7 Å². The molecule has 112 valence electrons. The summed E-state index contributed by atoms with van der Waals surface area (Å²) >= 11 is 0. The van der Waals surface area contributed by atoms with Gasteiger partial charge in [-0.25, -0.2) is 4.68 Å². The van der Waals surface area contributed by atoms with Crippen molar-refractivity contribution >= 4 is 5.91 Å². The number of rotatable bonds is 2. The Kier molecular flexibility index (Phi) is 2.91. The first-order chi connectivity index (χ1) is 10.1. The van der Waals surface area contributed by atoms with Gasteiger partial charge in [-0.3, -0.25) is 9.59 Å². The normalized spacial score (nSPS) is 36.7. The lowest BCUT2D eigenvalue weighted by Crippen LogP contribution is -2.43. The summed E-state index contributed by atoms with van der Waals surface area (Å²) in [7, 11) is 1.57.